The van der Waals surface area contributed by atoms with Crippen molar-refractivity contribution in [3.63, 3.8) is 0 Å². The Bertz CT molecular complexity index is 317. The van der Waals surface area contributed by atoms with Crippen LogP contribution in [0.25, 0.3) is 0 Å². The molecular weight excluding hydrogens is 184 g/mol. The molecule has 3 fully saturated rings. The highest BCUT2D eigenvalue weighted by Crippen LogP contribution is 2.75. The second kappa shape index (κ2) is 2.67. The average Bonchev–Trinajstić information content (AvgIpc) is 2.41. The van der Waals surface area contributed by atoms with E-state index in [0.29, 0.717) is 22.5 Å². The van der Waals surface area contributed by atoms with Gasteiger partial charge in [0.2, 0.25) is 0 Å². The van der Waals surface area contributed by atoms with Gasteiger partial charge in [0, 0.05) is 12.3 Å². The molecule has 3 rings (SSSR count). The molecule has 4 atom stereocenters. The van der Waals surface area contributed by atoms with E-state index >= 15 is 0 Å². The molecule has 0 radical (unpaired) electrons. The minimum atomic E-state index is 0.308. The van der Waals surface area contributed by atoms with Crippen LogP contribution in [0.5, 0.6) is 0 Å². The molecule has 3 aliphatic rings. The molecule has 0 unspecified atom stereocenters. The summed E-state index contributed by atoms with van der Waals surface area (Å²) in [5.41, 5.74) is 0.751. The molecule has 1 heteroatoms. The van der Waals surface area contributed by atoms with Crippen LogP contribution in [0.2, 0.25) is 0 Å². The maximum atomic E-state index is 12.2. The summed E-state index contributed by atoms with van der Waals surface area (Å²) in [6, 6.07) is 0. The van der Waals surface area contributed by atoms with Crippen LogP contribution in [0.15, 0.2) is 0 Å². The first-order valence-corrected chi connectivity index (χ1v) is 6.54. The topological polar surface area (TPSA) is 17.1 Å². The van der Waals surface area contributed by atoms with Gasteiger partial charge in [0.15, 0.2) is 0 Å². The third-order valence-electron chi connectivity index (χ3n) is 5.99. The Balaban J connectivity index is 2.05. The SMILES string of the molecule is C[C@H]1CC[C@@H]2C(C)(C)[C@H]3C(=O)CCC[C@@]231. The molecular formula is C14H22O. The fraction of sp³-hybridized carbons (Fsp3) is 0.929. The lowest BCUT2D eigenvalue weighted by molar-refractivity contribution is -0.202. The van der Waals surface area contributed by atoms with Crippen LogP contribution in [-0.4, -0.2) is 5.78 Å². The Morgan fingerprint density at radius 1 is 1.27 bits per heavy atom. The minimum absolute atomic E-state index is 0.308. The fourth-order valence-corrected chi connectivity index (χ4v) is 5.64. The van der Waals surface area contributed by atoms with Gasteiger partial charge in [0.25, 0.3) is 0 Å². The third kappa shape index (κ3) is 0.893. The van der Waals surface area contributed by atoms with Gasteiger partial charge in [0.1, 0.15) is 5.78 Å². The average molecular weight is 206 g/mol. The van der Waals surface area contributed by atoms with Gasteiger partial charge in [-0.1, -0.05) is 20.8 Å². The first-order chi connectivity index (χ1) is 7.01. The van der Waals surface area contributed by atoms with E-state index in [2.05, 4.69) is 20.8 Å². The zero-order valence-electron chi connectivity index (χ0n) is 10.2. The number of ketones is 1. The second-order valence-corrected chi connectivity index (χ2v) is 6.72. The van der Waals surface area contributed by atoms with Crippen molar-refractivity contribution in [1.82, 2.24) is 0 Å². The largest absolute Gasteiger partial charge is 0.299 e. The predicted molar refractivity (Wildman–Crippen MR) is 60.5 cm³/mol. The zero-order valence-corrected chi connectivity index (χ0v) is 10.2. The van der Waals surface area contributed by atoms with Crippen molar-refractivity contribution < 1.29 is 4.79 Å². The molecule has 1 nitrogen and oxygen atoms in total. The minimum Gasteiger partial charge on any atom is -0.299 e. The lowest BCUT2D eigenvalue weighted by Crippen LogP contribution is -2.65. The van der Waals surface area contributed by atoms with Crippen molar-refractivity contribution in [3.05, 3.63) is 0 Å². The number of hydrogen-bond donors (Lipinski definition) is 0. The van der Waals surface area contributed by atoms with E-state index in [0.717, 1.165) is 24.7 Å². The highest BCUT2D eigenvalue weighted by molar-refractivity contribution is 5.85. The van der Waals surface area contributed by atoms with Crippen molar-refractivity contribution in [1.29, 1.82) is 0 Å². The van der Waals surface area contributed by atoms with Gasteiger partial charge in [-0.2, -0.15) is 0 Å². The van der Waals surface area contributed by atoms with E-state index in [1.54, 1.807) is 0 Å². The van der Waals surface area contributed by atoms with Crippen LogP contribution in [0.1, 0.15) is 52.9 Å². The van der Waals surface area contributed by atoms with E-state index in [1.807, 2.05) is 0 Å². The summed E-state index contributed by atoms with van der Waals surface area (Å²) in [5, 5.41) is 0. The Morgan fingerprint density at radius 2 is 2.00 bits per heavy atom. The Hall–Kier alpha value is -0.330. The van der Waals surface area contributed by atoms with Crippen LogP contribution in [-0.2, 0) is 4.79 Å². The first-order valence-electron chi connectivity index (χ1n) is 6.54. The highest BCUT2D eigenvalue weighted by Gasteiger charge is 2.72. The standard InChI is InChI=1S/C14H22O/c1-9-6-7-11-13(2,3)12-10(15)5-4-8-14(9,11)12/h9,11-12H,4-8H2,1-3H3/t9-,11+,12+,14+/m0/s1. The molecule has 1 spiro atoms. The van der Waals surface area contributed by atoms with E-state index in [1.165, 1.54) is 19.3 Å². The molecule has 3 saturated carbocycles. The van der Waals surface area contributed by atoms with Gasteiger partial charge in [-0.25, -0.2) is 0 Å². The quantitative estimate of drug-likeness (QED) is 0.593. The molecule has 0 N–H and O–H groups in total. The van der Waals surface area contributed by atoms with Gasteiger partial charge in [0.05, 0.1) is 0 Å². The number of hydrogen-bond acceptors (Lipinski definition) is 1. The molecule has 0 saturated heterocycles. The Kier molecular flexibility index (Phi) is 1.76. The summed E-state index contributed by atoms with van der Waals surface area (Å²) in [6.07, 6.45) is 6.08. The summed E-state index contributed by atoms with van der Waals surface area (Å²) < 4.78 is 0. The van der Waals surface area contributed by atoms with Crippen LogP contribution in [0.3, 0.4) is 0 Å². The zero-order chi connectivity index (χ0) is 10.8. The number of Topliss-reactive ketones (excluding diaryl/α,β-unsaturated/α-hetero) is 1. The lowest BCUT2D eigenvalue weighted by Gasteiger charge is -2.67. The first kappa shape index (κ1) is 9.86. The van der Waals surface area contributed by atoms with Crippen molar-refractivity contribution in [2.75, 3.05) is 0 Å². The molecule has 0 heterocycles. The Labute approximate surface area is 92.6 Å². The molecule has 0 aromatic rings. The van der Waals surface area contributed by atoms with Crippen molar-refractivity contribution in [3.8, 4) is 0 Å². The third-order valence-corrected chi connectivity index (χ3v) is 5.99. The summed E-state index contributed by atoms with van der Waals surface area (Å²) in [7, 11) is 0. The molecule has 0 amide bonds. The lowest BCUT2D eigenvalue weighted by atomic mass is 9.36. The number of carbonyl (C=O) groups is 1. The molecule has 0 aromatic heterocycles. The van der Waals surface area contributed by atoms with Gasteiger partial charge < -0.3 is 0 Å². The number of rotatable bonds is 0. The smallest absolute Gasteiger partial charge is 0.137 e. The molecule has 0 aromatic carbocycles. The van der Waals surface area contributed by atoms with Crippen LogP contribution < -0.4 is 0 Å². The van der Waals surface area contributed by atoms with Crippen LogP contribution in [0, 0.1) is 28.6 Å². The van der Waals surface area contributed by atoms with E-state index < -0.39 is 0 Å². The van der Waals surface area contributed by atoms with Gasteiger partial charge in [-0.3, -0.25) is 4.79 Å². The normalized spacial score (nSPS) is 51.9. The Morgan fingerprint density at radius 3 is 2.73 bits per heavy atom. The van der Waals surface area contributed by atoms with Gasteiger partial charge in [-0.15, -0.1) is 0 Å². The molecule has 84 valence electrons. The van der Waals surface area contributed by atoms with Crippen molar-refractivity contribution in [2.24, 2.45) is 28.6 Å². The van der Waals surface area contributed by atoms with E-state index in [-0.39, 0.29) is 0 Å². The summed E-state index contributed by atoms with van der Waals surface area (Å²) in [6.45, 7) is 7.06. The predicted octanol–water partition coefficient (Wildman–Crippen LogP) is 3.43. The molecule has 15 heavy (non-hydrogen) atoms. The second-order valence-electron chi connectivity index (χ2n) is 6.72. The van der Waals surface area contributed by atoms with Crippen LogP contribution >= 0.6 is 0 Å². The summed E-state index contributed by atoms with van der Waals surface area (Å²) >= 11 is 0. The van der Waals surface area contributed by atoms with Crippen molar-refractivity contribution >= 4 is 5.78 Å². The molecule has 0 aliphatic heterocycles. The van der Waals surface area contributed by atoms with E-state index in [9.17, 15) is 4.79 Å². The van der Waals surface area contributed by atoms with Gasteiger partial charge >= 0.3 is 0 Å². The monoisotopic (exact) mass is 206 g/mol. The van der Waals surface area contributed by atoms with Crippen molar-refractivity contribution in [2.45, 2.75) is 52.9 Å². The summed E-state index contributed by atoms with van der Waals surface area (Å²) in [5.74, 6) is 2.62. The molecule has 0 bridgehead atoms. The highest BCUT2D eigenvalue weighted by atomic mass is 16.1. The summed E-state index contributed by atoms with van der Waals surface area (Å²) in [4.78, 5) is 12.2. The maximum absolute atomic E-state index is 12.2. The number of carbonyl (C=O) groups excluding carboxylic acids is 1. The van der Waals surface area contributed by atoms with Crippen LogP contribution in [0.4, 0.5) is 0 Å². The van der Waals surface area contributed by atoms with E-state index in [4.69, 9.17) is 0 Å². The van der Waals surface area contributed by atoms with Gasteiger partial charge in [-0.05, 0) is 48.3 Å². The molecule has 3 aliphatic carbocycles. The maximum Gasteiger partial charge on any atom is 0.137 e. The fourth-order valence-electron chi connectivity index (χ4n) is 5.64.